The van der Waals surface area contributed by atoms with E-state index in [1.807, 2.05) is 4.72 Å². The largest absolute Gasteiger partial charge is 0.274 e. The summed E-state index contributed by atoms with van der Waals surface area (Å²) in [4.78, 5) is 15.6. The summed E-state index contributed by atoms with van der Waals surface area (Å²) in [7, 11) is -4.02. The third kappa shape index (κ3) is 3.07. The van der Waals surface area contributed by atoms with E-state index < -0.39 is 39.4 Å². The highest BCUT2D eigenvalue weighted by Crippen LogP contribution is 2.48. The summed E-state index contributed by atoms with van der Waals surface area (Å²) in [6.07, 6.45) is 2.80. The molecule has 0 aliphatic heterocycles. The lowest BCUT2D eigenvalue weighted by Gasteiger charge is -2.07. The van der Waals surface area contributed by atoms with Crippen molar-refractivity contribution in [3.63, 3.8) is 0 Å². The Morgan fingerprint density at radius 1 is 1.22 bits per heavy atom. The summed E-state index contributed by atoms with van der Waals surface area (Å²) in [5, 5.41) is 0. The van der Waals surface area contributed by atoms with Crippen molar-refractivity contribution >= 4 is 15.9 Å². The highest BCUT2D eigenvalue weighted by Gasteiger charge is 2.46. The Balaban J connectivity index is 1.73. The molecule has 1 saturated carbocycles. The molecule has 1 N–H and O–H groups in total. The van der Waals surface area contributed by atoms with E-state index in [1.54, 1.807) is 0 Å². The molecule has 1 aromatic carbocycles. The SMILES string of the molecule is O=C(NS(=O)(=O)c1cccnc1)C1CC1c1cccc(F)c1F. The molecular formula is C15H12F2N2O3S. The number of nitrogens with one attached hydrogen (secondary N) is 1. The van der Waals surface area contributed by atoms with Crippen molar-refractivity contribution < 1.29 is 22.0 Å². The van der Waals surface area contributed by atoms with Crippen LogP contribution in [0.3, 0.4) is 0 Å². The van der Waals surface area contributed by atoms with Gasteiger partial charge in [-0.1, -0.05) is 12.1 Å². The lowest BCUT2D eigenvalue weighted by molar-refractivity contribution is -0.120. The molecular weight excluding hydrogens is 326 g/mol. The van der Waals surface area contributed by atoms with Gasteiger partial charge in [-0.05, 0) is 36.1 Å². The first kappa shape index (κ1) is 15.5. The van der Waals surface area contributed by atoms with E-state index in [2.05, 4.69) is 4.98 Å². The lowest BCUT2D eigenvalue weighted by Crippen LogP contribution is -2.32. The second-order valence-corrected chi connectivity index (χ2v) is 6.93. The predicted molar refractivity (Wildman–Crippen MR) is 76.8 cm³/mol. The Morgan fingerprint density at radius 3 is 2.70 bits per heavy atom. The fraction of sp³-hybridized carbons (Fsp3) is 0.200. The minimum absolute atomic E-state index is 0.0870. The van der Waals surface area contributed by atoms with Crippen molar-refractivity contribution in [2.75, 3.05) is 0 Å². The maximum absolute atomic E-state index is 13.7. The normalized spacial score (nSPS) is 20.1. The predicted octanol–water partition coefficient (Wildman–Crippen LogP) is 1.97. The fourth-order valence-electron chi connectivity index (χ4n) is 2.41. The van der Waals surface area contributed by atoms with E-state index in [1.165, 1.54) is 30.5 Å². The topological polar surface area (TPSA) is 76.1 Å². The summed E-state index contributed by atoms with van der Waals surface area (Å²) in [5.41, 5.74) is 0.0870. The van der Waals surface area contributed by atoms with Gasteiger partial charge in [0.2, 0.25) is 5.91 Å². The van der Waals surface area contributed by atoms with Crippen molar-refractivity contribution in [2.45, 2.75) is 17.2 Å². The van der Waals surface area contributed by atoms with Crippen LogP contribution in [0.15, 0.2) is 47.6 Å². The standard InChI is InChI=1S/C15H12F2N2O3S/c16-13-5-1-4-10(14(13)17)11-7-12(11)15(20)19-23(21,22)9-3-2-6-18-8-9/h1-6,8,11-12H,7H2,(H,19,20). The lowest BCUT2D eigenvalue weighted by atomic mass is 10.1. The number of benzene rings is 1. The van der Waals surface area contributed by atoms with E-state index in [9.17, 15) is 22.0 Å². The Morgan fingerprint density at radius 2 is 2.00 bits per heavy atom. The maximum atomic E-state index is 13.7. The van der Waals surface area contributed by atoms with Crippen molar-refractivity contribution in [1.82, 2.24) is 9.71 Å². The monoisotopic (exact) mass is 338 g/mol. The van der Waals surface area contributed by atoms with Gasteiger partial charge in [-0.15, -0.1) is 0 Å². The fourth-order valence-corrected chi connectivity index (χ4v) is 3.40. The number of aromatic nitrogens is 1. The summed E-state index contributed by atoms with van der Waals surface area (Å²) >= 11 is 0. The minimum Gasteiger partial charge on any atom is -0.274 e. The van der Waals surface area contributed by atoms with Crippen LogP contribution in [-0.2, 0) is 14.8 Å². The Bertz CT molecular complexity index is 856. The Labute approximate surface area is 131 Å². The molecule has 0 radical (unpaired) electrons. The van der Waals surface area contributed by atoms with Gasteiger partial charge in [-0.25, -0.2) is 21.9 Å². The molecule has 1 fully saturated rings. The molecule has 1 heterocycles. The van der Waals surface area contributed by atoms with Crippen LogP contribution >= 0.6 is 0 Å². The molecule has 2 unspecified atom stereocenters. The Kier molecular flexibility index (Phi) is 3.85. The molecule has 2 aromatic rings. The van der Waals surface area contributed by atoms with Gasteiger partial charge in [0.25, 0.3) is 10.0 Å². The smallest absolute Gasteiger partial charge is 0.265 e. The number of sulfonamides is 1. The number of amides is 1. The van der Waals surface area contributed by atoms with Crippen LogP contribution in [0.25, 0.3) is 0 Å². The molecule has 0 bridgehead atoms. The molecule has 23 heavy (non-hydrogen) atoms. The Hall–Kier alpha value is -2.35. The van der Waals surface area contributed by atoms with E-state index in [-0.39, 0.29) is 16.9 Å². The van der Waals surface area contributed by atoms with E-state index in [0.717, 1.165) is 12.3 Å². The number of rotatable bonds is 4. The number of carbonyl (C=O) groups excluding carboxylic acids is 1. The molecule has 1 aliphatic rings. The quantitative estimate of drug-likeness (QED) is 0.925. The minimum atomic E-state index is -4.02. The van der Waals surface area contributed by atoms with Crippen molar-refractivity contribution in [2.24, 2.45) is 5.92 Å². The van der Waals surface area contributed by atoms with Crippen molar-refractivity contribution in [3.05, 3.63) is 59.9 Å². The average molecular weight is 338 g/mol. The molecule has 0 saturated heterocycles. The van der Waals surface area contributed by atoms with Gasteiger partial charge >= 0.3 is 0 Å². The number of hydrogen-bond acceptors (Lipinski definition) is 4. The zero-order valence-electron chi connectivity index (χ0n) is 11.7. The van der Waals surface area contributed by atoms with Gasteiger partial charge in [-0.2, -0.15) is 0 Å². The van der Waals surface area contributed by atoms with E-state index in [4.69, 9.17) is 0 Å². The third-order valence-corrected chi connectivity index (χ3v) is 5.02. The molecule has 1 amide bonds. The maximum Gasteiger partial charge on any atom is 0.265 e. The number of halogens is 2. The molecule has 3 rings (SSSR count). The molecule has 0 spiro atoms. The third-order valence-electron chi connectivity index (χ3n) is 3.69. The average Bonchev–Trinajstić information content (AvgIpc) is 3.31. The van der Waals surface area contributed by atoms with Gasteiger partial charge in [0.05, 0.1) is 0 Å². The van der Waals surface area contributed by atoms with Crippen LogP contribution < -0.4 is 4.72 Å². The van der Waals surface area contributed by atoms with Crippen LogP contribution in [0, 0.1) is 17.6 Å². The molecule has 1 aliphatic carbocycles. The van der Waals surface area contributed by atoms with Gasteiger partial charge in [0.1, 0.15) is 4.90 Å². The van der Waals surface area contributed by atoms with Crippen LogP contribution in [0.4, 0.5) is 8.78 Å². The first-order valence-electron chi connectivity index (χ1n) is 6.81. The molecule has 2 atom stereocenters. The van der Waals surface area contributed by atoms with Crippen LogP contribution in [0.2, 0.25) is 0 Å². The van der Waals surface area contributed by atoms with Crippen LogP contribution in [-0.4, -0.2) is 19.3 Å². The second kappa shape index (κ2) is 5.69. The molecule has 8 heteroatoms. The van der Waals surface area contributed by atoms with Gasteiger partial charge < -0.3 is 0 Å². The van der Waals surface area contributed by atoms with Gasteiger partial charge in [0, 0.05) is 18.3 Å². The molecule has 5 nitrogen and oxygen atoms in total. The zero-order valence-corrected chi connectivity index (χ0v) is 12.6. The summed E-state index contributed by atoms with van der Waals surface area (Å²) in [6, 6.07) is 6.48. The second-order valence-electron chi connectivity index (χ2n) is 5.25. The van der Waals surface area contributed by atoms with Crippen molar-refractivity contribution in [3.8, 4) is 0 Å². The van der Waals surface area contributed by atoms with E-state index in [0.29, 0.717) is 0 Å². The number of nitrogens with zero attached hydrogens (tertiary/aromatic N) is 1. The molecule has 120 valence electrons. The van der Waals surface area contributed by atoms with Crippen LogP contribution in [0.5, 0.6) is 0 Å². The summed E-state index contributed by atoms with van der Waals surface area (Å²) in [6.45, 7) is 0. The first-order chi connectivity index (χ1) is 10.9. The van der Waals surface area contributed by atoms with Gasteiger partial charge in [0.15, 0.2) is 11.6 Å². The first-order valence-corrected chi connectivity index (χ1v) is 8.29. The summed E-state index contributed by atoms with van der Waals surface area (Å²) in [5.74, 6) is -3.94. The highest BCUT2D eigenvalue weighted by atomic mass is 32.2. The highest BCUT2D eigenvalue weighted by molar-refractivity contribution is 7.90. The van der Waals surface area contributed by atoms with Crippen LogP contribution in [0.1, 0.15) is 17.9 Å². The number of pyridine rings is 1. The van der Waals surface area contributed by atoms with Gasteiger partial charge in [-0.3, -0.25) is 9.78 Å². The number of hydrogen-bond donors (Lipinski definition) is 1. The molecule has 1 aromatic heterocycles. The van der Waals surface area contributed by atoms with Crippen molar-refractivity contribution in [1.29, 1.82) is 0 Å². The number of carbonyl (C=O) groups is 1. The zero-order chi connectivity index (χ0) is 16.6. The summed E-state index contributed by atoms with van der Waals surface area (Å²) < 4.78 is 52.9. The van der Waals surface area contributed by atoms with E-state index >= 15 is 0 Å².